The third-order valence-electron chi connectivity index (χ3n) is 4.86. The zero-order valence-corrected chi connectivity index (χ0v) is 18.8. The zero-order valence-electron chi connectivity index (χ0n) is 16.5. The predicted octanol–water partition coefficient (Wildman–Crippen LogP) is 3.23. The number of anilines is 1. The molecular weight excluding hydrogens is 474 g/mol. The Kier molecular flexibility index (Phi) is 7.44. The van der Waals surface area contributed by atoms with Gasteiger partial charge in [0.25, 0.3) is 11.8 Å². The molecule has 1 aliphatic rings. The Morgan fingerprint density at radius 1 is 1.33 bits per heavy atom. The molecule has 160 valence electrons. The van der Waals surface area contributed by atoms with Crippen LogP contribution in [-0.2, 0) is 4.79 Å². The number of hydrogen-bond donors (Lipinski definition) is 2. The number of hydrogen-bond acceptors (Lipinski definition) is 5. The molecule has 1 atom stereocenters. The number of nitrogens with two attached hydrogens (primary N) is 1. The smallest absolute Gasteiger partial charge is 0.255 e. The SMILES string of the molecule is COc1cc(C(=O)NCC2CCN(c3cccc(Br)c3)C2)cc(Cl)c1OCC(N)=O. The predicted molar refractivity (Wildman–Crippen MR) is 119 cm³/mol. The summed E-state index contributed by atoms with van der Waals surface area (Å²) < 4.78 is 11.6. The number of amides is 2. The molecule has 1 saturated heterocycles. The Morgan fingerprint density at radius 2 is 2.13 bits per heavy atom. The van der Waals surface area contributed by atoms with Crippen LogP contribution in [0.3, 0.4) is 0 Å². The fourth-order valence-electron chi connectivity index (χ4n) is 3.38. The van der Waals surface area contributed by atoms with Gasteiger partial charge in [-0.2, -0.15) is 0 Å². The lowest BCUT2D eigenvalue weighted by Gasteiger charge is -2.19. The van der Waals surface area contributed by atoms with Crippen molar-refractivity contribution in [3.05, 3.63) is 51.5 Å². The van der Waals surface area contributed by atoms with Gasteiger partial charge in [-0.1, -0.05) is 33.6 Å². The third-order valence-corrected chi connectivity index (χ3v) is 5.63. The molecule has 3 N–H and O–H groups in total. The molecule has 30 heavy (non-hydrogen) atoms. The number of primary amides is 1. The van der Waals surface area contributed by atoms with Gasteiger partial charge < -0.3 is 25.4 Å². The summed E-state index contributed by atoms with van der Waals surface area (Å²) in [5.41, 5.74) is 6.62. The average Bonchev–Trinajstić information content (AvgIpc) is 3.19. The van der Waals surface area contributed by atoms with E-state index in [4.69, 9.17) is 26.8 Å². The van der Waals surface area contributed by atoms with Crippen molar-refractivity contribution in [1.82, 2.24) is 5.32 Å². The van der Waals surface area contributed by atoms with Gasteiger partial charge in [-0.3, -0.25) is 9.59 Å². The summed E-state index contributed by atoms with van der Waals surface area (Å²) in [4.78, 5) is 25.9. The number of halogens is 2. The Morgan fingerprint density at radius 3 is 2.83 bits per heavy atom. The molecule has 7 nitrogen and oxygen atoms in total. The molecule has 9 heteroatoms. The Labute approximate surface area is 188 Å². The first-order valence-electron chi connectivity index (χ1n) is 9.44. The van der Waals surface area contributed by atoms with E-state index in [-0.39, 0.29) is 29.0 Å². The van der Waals surface area contributed by atoms with Crippen LogP contribution in [0.2, 0.25) is 5.02 Å². The van der Waals surface area contributed by atoms with E-state index in [2.05, 4.69) is 38.3 Å². The van der Waals surface area contributed by atoms with Gasteiger partial charge in [0.1, 0.15) is 0 Å². The minimum Gasteiger partial charge on any atom is -0.493 e. The van der Waals surface area contributed by atoms with Gasteiger partial charge >= 0.3 is 0 Å². The lowest BCUT2D eigenvalue weighted by molar-refractivity contribution is -0.119. The summed E-state index contributed by atoms with van der Waals surface area (Å²) in [7, 11) is 1.43. The van der Waals surface area contributed by atoms with E-state index in [1.165, 1.54) is 24.9 Å². The van der Waals surface area contributed by atoms with Crippen LogP contribution >= 0.6 is 27.5 Å². The highest BCUT2D eigenvalue weighted by molar-refractivity contribution is 9.10. The number of rotatable bonds is 8. The highest BCUT2D eigenvalue weighted by Gasteiger charge is 2.24. The van der Waals surface area contributed by atoms with Crippen LogP contribution in [0.5, 0.6) is 11.5 Å². The molecule has 0 bridgehead atoms. The molecule has 0 spiro atoms. The van der Waals surface area contributed by atoms with Crippen molar-refractivity contribution < 1.29 is 19.1 Å². The fourth-order valence-corrected chi connectivity index (χ4v) is 4.03. The minimum atomic E-state index is -0.636. The Bertz CT molecular complexity index is 940. The number of benzene rings is 2. The summed E-state index contributed by atoms with van der Waals surface area (Å²) in [6.45, 7) is 2.05. The van der Waals surface area contributed by atoms with Gasteiger partial charge in [-0.25, -0.2) is 0 Å². The molecule has 1 heterocycles. The van der Waals surface area contributed by atoms with Crippen molar-refractivity contribution in [1.29, 1.82) is 0 Å². The summed E-state index contributed by atoms with van der Waals surface area (Å²) in [5.74, 6) is -0.102. The number of carbonyl (C=O) groups excluding carboxylic acids is 2. The van der Waals surface area contributed by atoms with Crippen LogP contribution in [0.1, 0.15) is 16.8 Å². The third kappa shape index (κ3) is 5.58. The normalized spacial score (nSPS) is 15.7. The van der Waals surface area contributed by atoms with Crippen LogP contribution in [0.15, 0.2) is 40.9 Å². The number of methoxy groups -OCH3 is 1. The van der Waals surface area contributed by atoms with Crippen molar-refractivity contribution >= 4 is 45.0 Å². The molecule has 3 rings (SSSR count). The molecule has 0 aromatic heterocycles. The first kappa shape index (κ1) is 22.2. The molecular formula is C21H23BrClN3O4. The van der Waals surface area contributed by atoms with Crippen molar-refractivity contribution in [3.8, 4) is 11.5 Å². The second kappa shape index (κ2) is 10.0. The topological polar surface area (TPSA) is 93.9 Å². The number of nitrogens with zero attached hydrogens (tertiary/aromatic N) is 1. The molecule has 1 fully saturated rings. The van der Waals surface area contributed by atoms with Crippen LogP contribution in [0, 0.1) is 5.92 Å². The maximum Gasteiger partial charge on any atom is 0.255 e. The molecule has 1 aliphatic heterocycles. The molecule has 2 amide bonds. The molecule has 0 saturated carbocycles. The van der Waals surface area contributed by atoms with E-state index in [1.807, 2.05) is 12.1 Å². The van der Waals surface area contributed by atoms with E-state index in [1.54, 1.807) is 0 Å². The largest absolute Gasteiger partial charge is 0.493 e. The van der Waals surface area contributed by atoms with E-state index in [9.17, 15) is 9.59 Å². The van der Waals surface area contributed by atoms with Crippen LogP contribution < -0.4 is 25.4 Å². The van der Waals surface area contributed by atoms with Crippen molar-refractivity contribution in [3.63, 3.8) is 0 Å². The van der Waals surface area contributed by atoms with E-state index in [0.717, 1.165) is 24.0 Å². The summed E-state index contributed by atoms with van der Waals surface area (Å²) in [6, 6.07) is 11.2. The van der Waals surface area contributed by atoms with Gasteiger partial charge in [0, 0.05) is 35.4 Å². The zero-order chi connectivity index (χ0) is 21.7. The monoisotopic (exact) mass is 495 g/mol. The highest BCUT2D eigenvalue weighted by Crippen LogP contribution is 2.36. The van der Waals surface area contributed by atoms with Gasteiger partial charge in [0.15, 0.2) is 18.1 Å². The van der Waals surface area contributed by atoms with E-state index < -0.39 is 5.91 Å². The number of carbonyl (C=O) groups is 2. The average molecular weight is 497 g/mol. The maximum absolute atomic E-state index is 12.6. The fraction of sp³-hybridized carbons (Fsp3) is 0.333. The second-order valence-corrected chi connectivity index (χ2v) is 8.36. The van der Waals surface area contributed by atoms with Crippen molar-refractivity contribution in [2.24, 2.45) is 11.7 Å². The Balaban J connectivity index is 1.59. The maximum atomic E-state index is 12.6. The summed E-state index contributed by atoms with van der Waals surface area (Å²) >= 11 is 9.72. The summed E-state index contributed by atoms with van der Waals surface area (Å²) in [6.07, 6.45) is 0.997. The number of ether oxygens (including phenoxy) is 2. The van der Waals surface area contributed by atoms with Gasteiger partial charge in [-0.15, -0.1) is 0 Å². The van der Waals surface area contributed by atoms with Crippen LogP contribution in [0.25, 0.3) is 0 Å². The van der Waals surface area contributed by atoms with Crippen LogP contribution in [0.4, 0.5) is 5.69 Å². The van der Waals surface area contributed by atoms with Gasteiger partial charge in [0.05, 0.1) is 12.1 Å². The molecule has 0 aliphatic carbocycles. The Hall–Kier alpha value is -2.45. The quantitative estimate of drug-likeness (QED) is 0.585. The standard InChI is InChI=1S/C21H23BrClN3O4/c1-29-18-8-14(7-17(23)20(18)30-12-19(24)27)21(28)25-10-13-5-6-26(11-13)16-4-2-3-15(22)9-16/h2-4,7-9,13H,5-6,10-12H2,1H3,(H2,24,27)(H,25,28). The second-order valence-electron chi connectivity index (χ2n) is 7.04. The van der Waals surface area contributed by atoms with E-state index >= 15 is 0 Å². The van der Waals surface area contributed by atoms with Crippen molar-refractivity contribution in [2.45, 2.75) is 6.42 Å². The molecule has 1 unspecified atom stereocenters. The van der Waals surface area contributed by atoms with Gasteiger partial charge in [-0.05, 0) is 42.7 Å². The molecule has 2 aromatic rings. The lowest BCUT2D eigenvalue weighted by atomic mass is 10.1. The van der Waals surface area contributed by atoms with Crippen molar-refractivity contribution in [2.75, 3.05) is 38.3 Å². The first-order chi connectivity index (χ1) is 14.4. The molecule has 2 aromatic carbocycles. The molecule has 0 radical (unpaired) electrons. The first-order valence-corrected chi connectivity index (χ1v) is 10.6. The van der Waals surface area contributed by atoms with E-state index in [0.29, 0.717) is 18.0 Å². The highest BCUT2D eigenvalue weighted by atomic mass is 79.9. The van der Waals surface area contributed by atoms with Gasteiger partial charge in [0.2, 0.25) is 0 Å². The lowest BCUT2D eigenvalue weighted by Crippen LogP contribution is -2.31. The minimum absolute atomic E-state index is 0.169. The summed E-state index contributed by atoms with van der Waals surface area (Å²) in [5, 5.41) is 3.14. The number of nitrogens with one attached hydrogen (secondary N) is 1. The van der Waals surface area contributed by atoms with Crippen LogP contribution in [-0.4, -0.2) is 45.2 Å².